The number of aromatic carboxylic acids is 2. The van der Waals surface area contributed by atoms with Gasteiger partial charge in [-0.15, -0.1) is 0 Å². The topological polar surface area (TPSA) is 77.6 Å². The van der Waals surface area contributed by atoms with Crippen LogP contribution in [-0.4, -0.2) is 35.2 Å². The second-order valence-electron chi connectivity index (χ2n) is 3.73. The van der Waals surface area contributed by atoms with Crippen molar-refractivity contribution in [3.63, 3.8) is 0 Å². The van der Waals surface area contributed by atoms with Gasteiger partial charge in [-0.25, -0.2) is 9.59 Å². The van der Waals surface area contributed by atoms with E-state index in [-0.39, 0.29) is 11.1 Å². The summed E-state index contributed by atoms with van der Waals surface area (Å²) < 4.78 is 0. The maximum Gasteiger partial charge on any atom is 0.338 e. The van der Waals surface area contributed by atoms with Gasteiger partial charge in [-0.1, -0.05) is 0 Å². The normalized spacial score (nSPS) is 13.7. The largest absolute Gasteiger partial charge is 0.478 e. The zero-order valence-corrected chi connectivity index (χ0v) is 8.73. The van der Waals surface area contributed by atoms with E-state index in [1.807, 2.05) is 4.90 Å². The molecule has 0 aliphatic carbocycles. The highest BCUT2D eigenvalue weighted by atomic mass is 16.4. The summed E-state index contributed by atoms with van der Waals surface area (Å²) in [5.74, 6) is -2.18. The highest BCUT2D eigenvalue weighted by Gasteiger charge is 2.27. The number of benzene rings is 1. The maximum atomic E-state index is 11.1. The minimum absolute atomic E-state index is 0.0444. The summed E-state index contributed by atoms with van der Waals surface area (Å²) in [7, 11) is 0. The molecule has 5 nitrogen and oxygen atoms in total. The highest BCUT2D eigenvalue weighted by Crippen LogP contribution is 2.30. The Balaban J connectivity index is 2.62. The van der Waals surface area contributed by atoms with E-state index in [2.05, 4.69) is 0 Å². The quantitative estimate of drug-likeness (QED) is 0.750. The summed E-state index contributed by atoms with van der Waals surface area (Å²) in [4.78, 5) is 23.9. The van der Waals surface area contributed by atoms with Crippen molar-refractivity contribution in [3.8, 4) is 0 Å². The number of hydrogen-bond donors (Lipinski definition) is 2. The van der Waals surface area contributed by atoms with Crippen molar-refractivity contribution >= 4 is 17.6 Å². The Morgan fingerprint density at radius 1 is 1.19 bits per heavy atom. The third-order valence-corrected chi connectivity index (χ3v) is 2.68. The van der Waals surface area contributed by atoms with E-state index in [1.54, 1.807) is 6.07 Å². The lowest BCUT2D eigenvalue weighted by Crippen LogP contribution is -2.11. The molecule has 1 aromatic rings. The lowest BCUT2D eigenvalue weighted by atomic mass is 10.0. The number of nitrogens with zero attached hydrogens (tertiary/aromatic N) is 1. The average Bonchev–Trinajstić information content (AvgIpc) is 2.98. The average molecular weight is 221 g/mol. The Morgan fingerprint density at radius 3 is 2.25 bits per heavy atom. The zero-order valence-electron chi connectivity index (χ0n) is 8.73. The van der Waals surface area contributed by atoms with Crippen LogP contribution in [0.2, 0.25) is 0 Å². The molecule has 84 valence electrons. The summed E-state index contributed by atoms with van der Waals surface area (Å²) in [5.41, 5.74) is 1.06. The Labute approximate surface area is 91.9 Å². The molecule has 1 aliphatic rings. The fraction of sp³-hybridized carbons (Fsp3) is 0.273. The van der Waals surface area contributed by atoms with Gasteiger partial charge in [0.15, 0.2) is 0 Å². The molecule has 16 heavy (non-hydrogen) atoms. The SMILES string of the molecule is Cc1c(C(=O)O)ccc(N2CC2)c1C(=O)O. The van der Waals surface area contributed by atoms with Gasteiger partial charge in [0.25, 0.3) is 0 Å². The van der Waals surface area contributed by atoms with Crippen LogP contribution < -0.4 is 4.90 Å². The predicted molar refractivity (Wildman–Crippen MR) is 57.3 cm³/mol. The molecular weight excluding hydrogens is 210 g/mol. The van der Waals surface area contributed by atoms with Gasteiger partial charge in [0.2, 0.25) is 0 Å². The van der Waals surface area contributed by atoms with Gasteiger partial charge >= 0.3 is 11.9 Å². The second-order valence-corrected chi connectivity index (χ2v) is 3.73. The zero-order chi connectivity index (χ0) is 11.9. The Bertz CT molecular complexity index is 477. The van der Waals surface area contributed by atoms with Gasteiger partial charge in [-0.2, -0.15) is 0 Å². The van der Waals surface area contributed by atoms with Gasteiger partial charge in [-0.05, 0) is 24.6 Å². The van der Waals surface area contributed by atoms with Crippen molar-refractivity contribution in [2.45, 2.75) is 6.92 Å². The van der Waals surface area contributed by atoms with E-state index >= 15 is 0 Å². The van der Waals surface area contributed by atoms with Crippen LogP contribution >= 0.6 is 0 Å². The molecule has 1 aliphatic heterocycles. The summed E-state index contributed by atoms with van der Waals surface area (Å²) >= 11 is 0. The van der Waals surface area contributed by atoms with Crippen molar-refractivity contribution in [2.24, 2.45) is 0 Å². The molecule has 1 fully saturated rings. The monoisotopic (exact) mass is 221 g/mol. The molecular formula is C11H11NO4. The fourth-order valence-corrected chi connectivity index (χ4v) is 1.75. The van der Waals surface area contributed by atoms with Crippen molar-refractivity contribution in [3.05, 3.63) is 28.8 Å². The number of carboxylic acids is 2. The van der Waals surface area contributed by atoms with Crippen LogP contribution in [0.25, 0.3) is 0 Å². The van der Waals surface area contributed by atoms with E-state index in [0.717, 1.165) is 13.1 Å². The molecule has 0 saturated carbocycles. The van der Waals surface area contributed by atoms with Crippen LogP contribution in [0.15, 0.2) is 12.1 Å². The third-order valence-electron chi connectivity index (χ3n) is 2.68. The fourth-order valence-electron chi connectivity index (χ4n) is 1.75. The maximum absolute atomic E-state index is 11.1. The molecule has 0 atom stereocenters. The molecule has 2 N–H and O–H groups in total. The lowest BCUT2D eigenvalue weighted by molar-refractivity contribution is 0.0696. The first kappa shape index (κ1) is 10.5. The first-order valence-electron chi connectivity index (χ1n) is 4.87. The van der Waals surface area contributed by atoms with Crippen LogP contribution in [0.1, 0.15) is 26.3 Å². The summed E-state index contributed by atoms with van der Waals surface area (Å²) in [6, 6.07) is 3.02. The number of rotatable bonds is 3. The van der Waals surface area contributed by atoms with E-state index in [4.69, 9.17) is 10.2 Å². The van der Waals surface area contributed by atoms with Gasteiger partial charge in [0, 0.05) is 13.1 Å². The standard InChI is InChI=1S/C11H11NO4/c1-6-7(10(13)14)2-3-8(12-4-5-12)9(6)11(15)16/h2-3H,4-5H2,1H3,(H,13,14)(H,15,16). The smallest absolute Gasteiger partial charge is 0.338 e. The predicted octanol–water partition coefficient (Wildman–Crippen LogP) is 1.21. The molecule has 0 radical (unpaired) electrons. The minimum Gasteiger partial charge on any atom is -0.478 e. The van der Waals surface area contributed by atoms with E-state index in [0.29, 0.717) is 11.3 Å². The van der Waals surface area contributed by atoms with E-state index in [9.17, 15) is 9.59 Å². The summed E-state index contributed by atoms with van der Waals surface area (Å²) in [5, 5.41) is 18.0. The van der Waals surface area contributed by atoms with E-state index < -0.39 is 11.9 Å². The summed E-state index contributed by atoms with van der Waals surface area (Å²) in [6.07, 6.45) is 0. The minimum atomic E-state index is -1.10. The second kappa shape index (κ2) is 3.52. The molecule has 5 heteroatoms. The van der Waals surface area contributed by atoms with Crippen LogP contribution in [0.5, 0.6) is 0 Å². The van der Waals surface area contributed by atoms with Crippen molar-refractivity contribution in [2.75, 3.05) is 18.0 Å². The highest BCUT2D eigenvalue weighted by molar-refractivity contribution is 6.01. The molecule has 0 bridgehead atoms. The molecule has 0 spiro atoms. The Morgan fingerprint density at radius 2 is 1.81 bits per heavy atom. The van der Waals surface area contributed by atoms with Gasteiger partial charge in [0.05, 0.1) is 16.8 Å². The van der Waals surface area contributed by atoms with Gasteiger partial charge < -0.3 is 15.1 Å². The number of anilines is 1. The molecule has 0 aromatic heterocycles. The van der Waals surface area contributed by atoms with Crippen LogP contribution in [0, 0.1) is 6.92 Å². The van der Waals surface area contributed by atoms with Gasteiger partial charge in [-0.3, -0.25) is 0 Å². The van der Waals surface area contributed by atoms with E-state index in [1.165, 1.54) is 13.0 Å². The Hall–Kier alpha value is -2.04. The summed E-state index contributed by atoms with van der Waals surface area (Å²) in [6.45, 7) is 3.18. The molecule has 0 amide bonds. The number of carbonyl (C=O) groups is 2. The third kappa shape index (κ3) is 1.60. The van der Waals surface area contributed by atoms with Crippen molar-refractivity contribution < 1.29 is 19.8 Å². The molecule has 1 saturated heterocycles. The molecule has 2 rings (SSSR count). The molecule has 1 heterocycles. The van der Waals surface area contributed by atoms with Crippen LogP contribution in [0.3, 0.4) is 0 Å². The Kier molecular flexibility index (Phi) is 2.30. The van der Waals surface area contributed by atoms with Crippen LogP contribution in [-0.2, 0) is 0 Å². The van der Waals surface area contributed by atoms with Crippen molar-refractivity contribution in [1.82, 2.24) is 0 Å². The number of carboxylic acid groups (broad SMARTS) is 2. The number of hydrogen-bond acceptors (Lipinski definition) is 3. The first-order valence-corrected chi connectivity index (χ1v) is 4.87. The molecule has 1 aromatic carbocycles. The first-order chi connectivity index (χ1) is 7.52. The van der Waals surface area contributed by atoms with Gasteiger partial charge in [0.1, 0.15) is 0 Å². The van der Waals surface area contributed by atoms with Crippen LogP contribution in [0.4, 0.5) is 5.69 Å². The molecule has 0 unspecified atom stereocenters. The van der Waals surface area contributed by atoms with Crippen molar-refractivity contribution in [1.29, 1.82) is 0 Å². The lowest BCUT2D eigenvalue weighted by Gasteiger charge is -2.12.